The number of likely N-dealkylation sites (N-methyl/N-ethyl adjacent to an activating group) is 1. The first-order chi connectivity index (χ1) is 10.2. The highest BCUT2D eigenvalue weighted by molar-refractivity contribution is 6.31. The Morgan fingerprint density at radius 3 is 2.90 bits per heavy atom. The maximum Gasteiger partial charge on any atom is 0.142 e. The van der Waals surface area contributed by atoms with Gasteiger partial charge in [-0.05, 0) is 24.6 Å². The van der Waals surface area contributed by atoms with Crippen molar-refractivity contribution in [3.8, 4) is 0 Å². The summed E-state index contributed by atoms with van der Waals surface area (Å²) in [5.41, 5.74) is 0.754. The molecule has 1 N–H and O–H groups in total. The predicted molar refractivity (Wildman–Crippen MR) is 81.8 cm³/mol. The van der Waals surface area contributed by atoms with E-state index in [4.69, 9.17) is 11.6 Å². The summed E-state index contributed by atoms with van der Waals surface area (Å²) in [6, 6.07) is 4.81. The van der Waals surface area contributed by atoms with Gasteiger partial charge in [-0.15, -0.1) is 0 Å². The minimum atomic E-state index is -0.396. The van der Waals surface area contributed by atoms with E-state index in [-0.39, 0.29) is 11.1 Å². The van der Waals surface area contributed by atoms with Gasteiger partial charge >= 0.3 is 0 Å². The molecule has 0 bridgehead atoms. The van der Waals surface area contributed by atoms with Crippen molar-refractivity contribution in [1.82, 2.24) is 20.1 Å². The monoisotopic (exact) mass is 310 g/mol. The van der Waals surface area contributed by atoms with Gasteiger partial charge < -0.3 is 5.32 Å². The highest BCUT2D eigenvalue weighted by Gasteiger charge is 2.19. The Morgan fingerprint density at radius 2 is 2.19 bits per heavy atom. The lowest BCUT2D eigenvalue weighted by atomic mass is 10.0. The fourth-order valence-electron chi connectivity index (χ4n) is 2.36. The van der Waals surface area contributed by atoms with Gasteiger partial charge in [-0.2, -0.15) is 5.10 Å². The number of aromatic nitrogens is 3. The zero-order valence-corrected chi connectivity index (χ0v) is 13.1. The van der Waals surface area contributed by atoms with Gasteiger partial charge in [-0.3, -0.25) is 4.68 Å². The van der Waals surface area contributed by atoms with Gasteiger partial charge in [-0.1, -0.05) is 37.6 Å². The van der Waals surface area contributed by atoms with E-state index in [0.717, 1.165) is 30.9 Å². The highest BCUT2D eigenvalue weighted by atomic mass is 35.5. The van der Waals surface area contributed by atoms with Crippen molar-refractivity contribution >= 4 is 11.6 Å². The Hall–Kier alpha value is -1.46. The largest absolute Gasteiger partial charge is 0.310 e. The number of halogens is 2. The highest BCUT2D eigenvalue weighted by Crippen LogP contribution is 2.27. The van der Waals surface area contributed by atoms with Crippen molar-refractivity contribution in [2.75, 3.05) is 6.54 Å². The van der Waals surface area contributed by atoms with Crippen LogP contribution in [0.4, 0.5) is 4.39 Å². The van der Waals surface area contributed by atoms with Crippen molar-refractivity contribution < 1.29 is 4.39 Å². The van der Waals surface area contributed by atoms with Crippen molar-refractivity contribution in [1.29, 1.82) is 0 Å². The lowest BCUT2D eigenvalue weighted by Crippen LogP contribution is -2.25. The molecule has 1 aromatic carbocycles. The molecule has 4 nitrogen and oxygen atoms in total. The van der Waals surface area contributed by atoms with Gasteiger partial charge in [-0.25, -0.2) is 9.37 Å². The third-order valence-corrected chi connectivity index (χ3v) is 3.72. The Bertz CT molecular complexity index is 585. The molecule has 0 saturated heterocycles. The summed E-state index contributed by atoms with van der Waals surface area (Å²) >= 11 is 6.11. The van der Waals surface area contributed by atoms with E-state index in [2.05, 4.69) is 22.3 Å². The number of nitrogens with one attached hydrogen (secondary N) is 1. The Morgan fingerprint density at radius 1 is 1.38 bits per heavy atom. The molecule has 21 heavy (non-hydrogen) atoms. The van der Waals surface area contributed by atoms with Crippen LogP contribution in [0.5, 0.6) is 0 Å². The summed E-state index contributed by atoms with van der Waals surface area (Å²) in [7, 11) is 0. The molecule has 0 aliphatic heterocycles. The van der Waals surface area contributed by atoms with Crippen molar-refractivity contribution in [2.24, 2.45) is 0 Å². The van der Waals surface area contributed by atoms with E-state index in [1.807, 2.05) is 17.7 Å². The minimum absolute atomic E-state index is 0.0852. The van der Waals surface area contributed by atoms with Crippen LogP contribution in [-0.4, -0.2) is 21.3 Å². The molecular weight excluding hydrogens is 291 g/mol. The van der Waals surface area contributed by atoms with Crippen LogP contribution in [0.3, 0.4) is 0 Å². The van der Waals surface area contributed by atoms with E-state index in [1.165, 1.54) is 6.07 Å². The lowest BCUT2D eigenvalue weighted by molar-refractivity contribution is 0.496. The third kappa shape index (κ3) is 3.80. The van der Waals surface area contributed by atoms with Crippen molar-refractivity contribution in [3.63, 3.8) is 0 Å². The molecule has 0 fully saturated rings. The van der Waals surface area contributed by atoms with Crippen LogP contribution in [0.15, 0.2) is 24.5 Å². The molecule has 0 amide bonds. The van der Waals surface area contributed by atoms with E-state index in [9.17, 15) is 4.39 Å². The Kier molecular flexibility index (Phi) is 5.70. The summed E-state index contributed by atoms with van der Waals surface area (Å²) in [6.45, 7) is 5.69. The SMILES string of the molecule is CCCn1ncnc1CC(NCC)c1cccc(F)c1Cl. The van der Waals surface area contributed by atoms with Gasteiger partial charge in [0, 0.05) is 19.0 Å². The maximum absolute atomic E-state index is 13.7. The first-order valence-electron chi connectivity index (χ1n) is 7.21. The number of rotatable bonds is 7. The molecule has 1 atom stereocenters. The fourth-order valence-corrected chi connectivity index (χ4v) is 2.61. The summed E-state index contributed by atoms with van der Waals surface area (Å²) in [6.07, 6.45) is 3.17. The standard InChI is InChI=1S/C15H20ClFN4/c1-3-8-21-14(19-10-20-21)9-13(18-4-2)11-6-5-7-12(17)15(11)16/h5-7,10,13,18H,3-4,8-9H2,1-2H3. The smallest absolute Gasteiger partial charge is 0.142 e. The van der Waals surface area contributed by atoms with Crippen LogP contribution in [-0.2, 0) is 13.0 Å². The molecule has 1 heterocycles. The summed E-state index contributed by atoms with van der Waals surface area (Å²) < 4.78 is 15.6. The van der Waals surface area contributed by atoms with Crippen LogP contribution >= 0.6 is 11.6 Å². The fraction of sp³-hybridized carbons (Fsp3) is 0.467. The second kappa shape index (κ2) is 7.52. The molecule has 2 rings (SSSR count). The molecule has 0 radical (unpaired) electrons. The normalized spacial score (nSPS) is 12.6. The van der Waals surface area contributed by atoms with Crippen LogP contribution in [0, 0.1) is 5.82 Å². The van der Waals surface area contributed by atoms with E-state index < -0.39 is 5.82 Å². The molecule has 1 aromatic heterocycles. The molecule has 0 aliphatic carbocycles. The van der Waals surface area contributed by atoms with Crippen LogP contribution in [0.1, 0.15) is 37.7 Å². The van der Waals surface area contributed by atoms with Gasteiger partial charge in [0.25, 0.3) is 0 Å². The number of hydrogen-bond acceptors (Lipinski definition) is 3. The quantitative estimate of drug-likeness (QED) is 0.852. The minimum Gasteiger partial charge on any atom is -0.310 e. The van der Waals surface area contributed by atoms with E-state index >= 15 is 0 Å². The van der Waals surface area contributed by atoms with Crippen molar-refractivity contribution in [3.05, 3.63) is 46.8 Å². The molecule has 0 saturated carbocycles. The topological polar surface area (TPSA) is 42.7 Å². The lowest BCUT2D eigenvalue weighted by Gasteiger charge is -2.19. The number of nitrogens with zero attached hydrogens (tertiary/aromatic N) is 3. The van der Waals surface area contributed by atoms with Crippen LogP contribution in [0.25, 0.3) is 0 Å². The first-order valence-corrected chi connectivity index (χ1v) is 7.59. The zero-order chi connectivity index (χ0) is 15.2. The number of aryl methyl sites for hydroxylation is 1. The first kappa shape index (κ1) is 15.9. The molecule has 0 spiro atoms. The summed E-state index contributed by atoms with van der Waals surface area (Å²) in [4.78, 5) is 4.31. The van der Waals surface area contributed by atoms with Gasteiger partial charge in [0.2, 0.25) is 0 Å². The Labute approximate surface area is 129 Å². The number of hydrogen-bond donors (Lipinski definition) is 1. The molecule has 114 valence electrons. The van der Waals surface area contributed by atoms with E-state index in [0.29, 0.717) is 6.42 Å². The second-order valence-corrected chi connectivity index (χ2v) is 5.23. The average molecular weight is 311 g/mol. The van der Waals surface area contributed by atoms with Crippen LogP contribution in [0.2, 0.25) is 5.02 Å². The number of benzene rings is 1. The second-order valence-electron chi connectivity index (χ2n) is 4.86. The predicted octanol–water partition coefficient (Wildman–Crippen LogP) is 3.37. The molecular formula is C15H20ClFN4. The Balaban J connectivity index is 2.26. The molecule has 2 aromatic rings. The van der Waals surface area contributed by atoms with Crippen LogP contribution < -0.4 is 5.32 Å². The van der Waals surface area contributed by atoms with Gasteiger partial charge in [0.1, 0.15) is 18.0 Å². The summed E-state index contributed by atoms with van der Waals surface area (Å²) in [5.74, 6) is 0.482. The van der Waals surface area contributed by atoms with Gasteiger partial charge in [0.05, 0.1) is 5.02 Å². The van der Waals surface area contributed by atoms with Crippen molar-refractivity contribution in [2.45, 2.75) is 39.3 Å². The molecule has 0 aliphatic rings. The zero-order valence-electron chi connectivity index (χ0n) is 12.3. The summed E-state index contributed by atoms with van der Waals surface area (Å²) in [5, 5.41) is 7.74. The van der Waals surface area contributed by atoms with Gasteiger partial charge in [0.15, 0.2) is 0 Å². The molecule has 6 heteroatoms. The van der Waals surface area contributed by atoms with E-state index in [1.54, 1.807) is 12.4 Å². The molecule has 1 unspecified atom stereocenters. The maximum atomic E-state index is 13.7. The third-order valence-electron chi connectivity index (χ3n) is 3.33. The average Bonchev–Trinajstić information content (AvgIpc) is 2.89.